The molecule has 0 spiro atoms. The molecule has 0 unspecified atom stereocenters. The van der Waals surface area contributed by atoms with Gasteiger partial charge in [-0.15, -0.1) is 0 Å². The standard InChI is InChI=1S/C20H25NO4/c1-4-12-24-18-11-6-15(14-19(18)25-13-5-2)20(22)21-16-7-9-17(23-3)10-8-16/h6-11,14H,4-5,12-13H2,1-3H3,(H,21,22). The van der Waals surface area contributed by atoms with Crippen molar-refractivity contribution in [1.82, 2.24) is 0 Å². The summed E-state index contributed by atoms with van der Waals surface area (Å²) in [5.74, 6) is 1.80. The van der Waals surface area contributed by atoms with E-state index in [1.807, 2.05) is 13.8 Å². The maximum Gasteiger partial charge on any atom is 0.255 e. The average molecular weight is 343 g/mol. The lowest BCUT2D eigenvalue weighted by Gasteiger charge is -2.13. The molecule has 0 saturated carbocycles. The number of anilines is 1. The van der Waals surface area contributed by atoms with E-state index < -0.39 is 0 Å². The van der Waals surface area contributed by atoms with E-state index in [2.05, 4.69) is 5.32 Å². The number of ether oxygens (including phenoxy) is 3. The number of amides is 1. The number of carbonyl (C=O) groups excluding carboxylic acids is 1. The van der Waals surface area contributed by atoms with Gasteiger partial charge in [0.2, 0.25) is 0 Å². The lowest BCUT2D eigenvalue weighted by atomic mass is 10.1. The summed E-state index contributed by atoms with van der Waals surface area (Å²) in [5, 5.41) is 2.86. The normalized spacial score (nSPS) is 10.2. The number of methoxy groups -OCH3 is 1. The summed E-state index contributed by atoms with van der Waals surface area (Å²) in [4.78, 5) is 12.5. The van der Waals surface area contributed by atoms with Gasteiger partial charge in [0.1, 0.15) is 5.75 Å². The molecule has 2 rings (SSSR count). The molecule has 5 nitrogen and oxygen atoms in total. The van der Waals surface area contributed by atoms with E-state index in [1.54, 1.807) is 49.6 Å². The zero-order chi connectivity index (χ0) is 18.1. The van der Waals surface area contributed by atoms with Crippen molar-refractivity contribution < 1.29 is 19.0 Å². The molecule has 0 bridgehead atoms. The van der Waals surface area contributed by atoms with E-state index in [-0.39, 0.29) is 5.91 Å². The molecule has 1 N–H and O–H groups in total. The Kier molecular flexibility index (Phi) is 7.14. The van der Waals surface area contributed by atoms with Crippen LogP contribution in [0.15, 0.2) is 42.5 Å². The fourth-order valence-electron chi connectivity index (χ4n) is 2.18. The number of hydrogen-bond acceptors (Lipinski definition) is 4. The van der Waals surface area contributed by atoms with Gasteiger partial charge < -0.3 is 19.5 Å². The highest BCUT2D eigenvalue weighted by atomic mass is 16.5. The fourth-order valence-corrected chi connectivity index (χ4v) is 2.18. The first-order chi connectivity index (χ1) is 12.2. The van der Waals surface area contributed by atoms with E-state index in [0.29, 0.717) is 36.0 Å². The number of hydrogen-bond donors (Lipinski definition) is 1. The third-order valence-corrected chi connectivity index (χ3v) is 3.48. The number of benzene rings is 2. The highest BCUT2D eigenvalue weighted by Gasteiger charge is 2.12. The van der Waals surface area contributed by atoms with Gasteiger partial charge in [-0.1, -0.05) is 13.8 Å². The van der Waals surface area contributed by atoms with Crippen molar-refractivity contribution in [2.75, 3.05) is 25.6 Å². The van der Waals surface area contributed by atoms with Gasteiger partial charge >= 0.3 is 0 Å². The second kappa shape index (κ2) is 9.57. The monoisotopic (exact) mass is 343 g/mol. The Morgan fingerprint density at radius 2 is 1.56 bits per heavy atom. The Bertz CT molecular complexity index is 683. The molecule has 0 fully saturated rings. The van der Waals surface area contributed by atoms with Crippen LogP contribution in [0.1, 0.15) is 37.0 Å². The smallest absolute Gasteiger partial charge is 0.255 e. The first-order valence-electron chi connectivity index (χ1n) is 8.53. The molecule has 0 aliphatic carbocycles. The van der Waals surface area contributed by atoms with Crippen molar-refractivity contribution in [3.63, 3.8) is 0 Å². The van der Waals surface area contributed by atoms with E-state index in [4.69, 9.17) is 14.2 Å². The largest absolute Gasteiger partial charge is 0.497 e. The number of carbonyl (C=O) groups is 1. The average Bonchev–Trinajstić information content (AvgIpc) is 2.65. The van der Waals surface area contributed by atoms with Crippen molar-refractivity contribution in [2.45, 2.75) is 26.7 Å². The summed E-state index contributed by atoms with van der Waals surface area (Å²) in [6, 6.07) is 12.4. The third-order valence-electron chi connectivity index (χ3n) is 3.48. The molecule has 5 heteroatoms. The molecule has 2 aromatic carbocycles. The summed E-state index contributed by atoms with van der Waals surface area (Å²) in [7, 11) is 1.60. The zero-order valence-corrected chi connectivity index (χ0v) is 15.0. The van der Waals surface area contributed by atoms with Gasteiger partial charge in [0.15, 0.2) is 11.5 Å². The summed E-state index contributed by atoms with van der Waals surface area (Å²) in [5.41, 5.74) is 1.22. The maximum atomic E-state index is 12.5. The predicted octanol–water partition coefficient (Wildman–Crippen LogP) is 4.53. The first-order valence-corrected chi connectivity index (χ1v) is 8.53. The molecule has 0 heterocycles. The number of rotatable bonds is 9. The van der Waals surface area contributed by atoms with Gasteiger partial charge in [-0.25, -0.2) is 0 Å². The van der Waals surface area contributed by atoms with E-state index in [0.717, 1.165) is 18.6 Å². The van der Waals surface area contributed by atoms with Crippen LogP contribution in [-0.4, -0.2) is 26.2 Å². The highest BCUT2D eigenvalue weighted by Crippen LogP contribution is 2.29. The molecule has 0 radical (unpaired) electrons. The molecule has 25 heavy (non-hydrogen) atoms. The van der Waals surface area contributed by atoms with Crippen LogP contribution in [0, 0.1) is 0 Å². The molecule has 0 aromatic heterocycles. The maximum absolute atomic E-state index is 12.5. The molecule has 0 aliphatic heterocycles. The molecule has 0 atom stereocenters. The van der Waals surface area contributed by atoms with Crippen LogP contribution in [0.3, 0.4) is 0 Å². The van der Waals surface area contributed by atoms with Crippen LogP contribution < -0.4 is 19.5 Å². The van der Waals surface area contributed by atoms with Crippen molar-refractivity contribution in [3.8, 4) is 17.2 Å². The summed E-state index contributed by atoms with van der Waals surface area (Å²) in [6.45, 7) is 5.27. The van der Waals surface area contributed by atoms with Crippen molar-refractivity contribution in [1.29, 1.82) is 0 Å². The molecule has 0 saturated heterocycles. The Morgan fingerprint density at radius 3 is 2.16 bits per heavy atom. The van der Waals surface area contributed by atoms with Crippen molar-refractivity contribution >= 4 is 11.6 Å². The van der Waals surface area contributed by atoms with Crippen molar-refractivity contribution in [3.05, 3.63) is 48.0 Å². The lowest BCUT2D eigenvalue weighted by molar-refractivity contribution is 0.102. The van der Waals surface area contributed by atoms with Crippen LogP contribution >= 0.6 is 0 Å². The van der Waals surface area contributed by atoms with Gasteiger partial charge in [0.05, 0.1) is 20.3 Å². The van der Waals surface area contributed by atoms with E-state index in [9.17, 15) is 4.79 Å². The SMILES string of the molecule is CCCOc1ccc(C(=O)Nc2ccc(OC)cc2)cc1OCCC. The van der Waals surface area contributed by atoms with Crippen LogP contribution in [-0.2, 0) is 0 Å². The predicted molar refractivity (Wildman–Crippen MR) is 99.0 cm³/mol. The summed E-state index contributed by atoms with van der Waals surface area (Å²) in [6.07, 6.45) is 1.79. The molecule has 2 aromatic rings. The van der Waals surface area contributed by atoms with Crippen LogP contribution in [0.25, 0.3) is 0 Å². The highest BCUT2D eigenvalue weighted by molar-refractivity contribution is 6.04. The van der Waals surface area contributed by atoms with E-state index in [1.165, 1.54) is 0 Å². The molecular weight excluding hydrogens is 318 g/mol. The van der Waals surface area contributed by atoms with Gasteiger partial charge in [-0.3, -0.25) is 4.79 Å². The van der Waals surface area contributed by atoms with Gasteiger partial charge in [-0.05, 0) is 55.3 Å². The summed E-state index contributed by atoms with van der Waals surface area (Å²) < 4.78 is 16.5. The lowest BCUT2D eigenvalue weighted by Crippen LogP contribution is -2.12. The van der Waals surface area contributed by atoms with Crippen LogP contribution in [0.4, 0.5) is 5.69 Å². The minimum absolute atomic E-state index is 0.200. The molecule has 1 amide bonds. The van der Waals surface area contributed by atoms with Crippen LogP contribution in [0.5, 0.6) is 17.2 Å². The fraction of sp³-hybridized carbons (Fsp3) is 0.350. The Balaban J connectivity index is 2.14. The second-order valence-corrected chi connectivity index (χ2v) is 5.54. The molecule has 134 valence electrons. The topological polar surface area (TPSA) is 56.8 Å². The van der Waals surface area contributed by atoms with Crippen LogP contribution in [0.2, 0.25) is 0 Å². The zero-order valence-electron chi connectivity index (χ0n) is 15.0. The minimum Gasteiger partial charge on any atom is -0.497 e. The van der Waals surface area contributed by atoms with Gasteiger partial charge in [0, 0.05) is 11.3 Å². The Hall–Kier alpha value is -2.69. The summed E-state index contributed by atoms with van der Waals surface area (Å²) >= 11 is 0. The Labute approximate surface area is 148 Å². The van der Waals surface area contributed by atoms with E-state index >= 15 is 0 Å². The second-order valence-electron chi connectivity index (χ2n) is 5.54. The molecule has 0 aliphatic rings. The van der Waals surface area contributed by atoms with Gasteiger partial charge in [0.25, 0.3) is 5.91 Å². The van der Waals surface area contributed by atoms with Gasteiger partial charge in [-0.2, -0.15) is 0 Å². The Morgan fingerprint density at radius 1 is 0.920 bits per heavy atom. The third kappa shape index (κ3) is 5.41. The molecular formula is C20H25NO4. The number of nitrogens with one attached hydrogen (secondary N) is 1. The quantitative estimate of drug-likeness (QED) is 0.727. The first kappa shape index (κ1) is 18.6. The van der Waals surface area contributed by atoms with Crippen molar-refractivity contribution in [2.24, 2.45) is 0 Å². The minimum atomic E-state index is -0.200.